The number of hydrogen-bond acceptors (Lipinski definition) is 2. The zero-order valence-electron chi connectivity index (χ0n) is 11.6. The van der Waals surface area contributed by atoms with Gasteiger partial charge in [0, 0.05) is 12.5 Å². The van der Waals surface area contributed by atoms with E-state index in [9.17, 15) is 13.6 Å². The van der Waals surface area contributed by atoms with Gasteiger partial charge in [-0.3, -0.25) is 0 Å². The van der Waals surface area contributed by atoms with Gasteiger partial charge in [0.2, 0.25) is 0 Å². The summed E-state index contributed by atoms with van der Waals surface area (Å²) in [6, 6.07) is 10.2. The van der Waals surface area contributed by atoms with Gasteiger partial charge in [-0.15, -0.1) is 0 Å². The minimum atomic E-state index is -0.548. The van der Waals surface area contributed by atoms with E-state index in [0.717, 1.165) is 5.56 Å². The minimum absolute atomic E-state index is 0.0269. The average Bonchev–Trinajstić information content (AvgIpc) is 2.50. The first kappa shape index (κ1) is 16.2. The SMILES string of the molecule is O=C(/C=C/c1ccc(Cl)c(F)c1)OCCc1ccc(F)cc1. The monoisotopic (exact) mass is 322 g/mol. The number of halogens is 3. The molecule has 0 bridgehead atoms. The molecule has 2 rings (SSSR count). The van der Waals surface area contributed by atoms with Crippen LogP contribution in [-0.2, 0) is 16.0 Å². The summed E-state index contributed by atoms with van der Waals surface area (Å²) in [5.41, 5.74) is 1.38. The molecule has 0 fully saturated rings. The molecule has 2 aromatic carbocycles. The largest absolute Gasteiger partial charge is 0.462 e. The van der Waals surface area contributed by atoms with E-state index in [-0.39, 0.29) is 17.4 Å². The molecular weight excluding hydrogens is 310 g/mol. The van der Waals surface area contributed by atoms with Gasteiger partial charge in [-0.1, -0.05) is 29.8 Å². The zero-order valence-corrected chi connectivity index (χ0v) is 12.3. The first-order valence-corrected chi connectivity index (χ1v) is 6.97. The molecule has 0 heterocycles. The van der Waals surface area contributed by atoms with Gasteiger partial charge in [-0.05, 0) is 41.5 Å². The third kappa shape index (κ3) is 4.97. The lowest BCUT2D eigenvalue weighted by atomic mass is 10.2. The number of ether oxygens (including phenoxy) is 1. The maximum Gasteiger partial charge on any atom is 0.330 e. The number of esters is 1. The summed E-state index contributed by atoms with van der Waals surface area (Å²) in [6.45, 7) is 0.184. The molecule has 0 amide bonds. The molecule has 0 aliphatic heterocycles. The number of carbonyl (C=O) groups is 1. The van der Waals surface area contributed by atoms with Crippen LogP contribution in [0.2, 0.25) is 5.02 Å². The van der Waals surface area contributed by atoms with Gasteiger partial charge < -0.3 is 4.74 Å². The molecule has 2 nitrogen and oxygen atoms in total. The highest BCUT2D eigenvalue weighted by Crippen LogP contribution is 2.16. The summed E-state index contributed by atoms with van der Waals surface area (Å²) < 4.78 is 30.9. The van der Waals surface area contributed by atoms with Crippen LogP contribution in [-0.4, -0.2) is 12.6 Å². The van der Waals surface area contributed by atoms with E-state index in [4.69, 9.17) is 16.3 Å². The summed E-state index contributed by atoms with van der Waals surface area (Å²) in [5.74, 6) is -1.38. The molecule has 0 spiro atoms. The van der Waals surface area contributed by atoms with Crippen LogP contribution >= 0.6 is 11.6 Å². The fourth-order valence-electron chi connectivity index (χ4n) is 1.75. The van der Waals surface area contributed by atoms with Gasteiger partial charge in [0.15, 0.2) is 0 Å². The van der Waals surface area contributed by atoms with Crippen molar-refractivity contribution >= 4 is 23.6 Å². The average molecular weight is 323 g/mol. The van der Waals surface area contributed by atoms with Gasteiger partial charge in [0.05, 0.1) is 11.6 Å². The van der Waals surface area contributed by atoms with Crippen molar-refractivity contribution in [2.45, 2.75) is 6.42 Å². The first-order valence-electron chi connectivity index (χ1n) is 6.59. The Morgan fingerprint density at radius 1 is 1.14 bits per heavy atom. The van der Waals surface area contributed by atoms with Gasteiger partial charge in [0.25, 0.3) is 0 Å². The quantitative estimate of drug-likeness (QED) is 0.602. The standard InChI is InChI=1S/C17H13ClF2O2/c18-15-7-3-13(11-16(15)20)4-8-17(21)22-10-9-12-1-5-14(19)6-2-12/h1-8,11H,9-10H2/b8-4+. The van der Waals surface area contributed by atoms with Crippen LogP contribution in [0.3, 0.4) is 0 Å². The van der Waals surface area contributed by atoms with Crippen molar-refractivity contribution in [3.63, 3.8) is 0 Å². The number of hydrogen-bond donors (Lipinski definition) is 0. The highest BCUT2D eigenvalue weighted by Gasteiger charge is 2.01. The van der Waals surface area contributed by atoms with E-state index in [1.807, 2.05) is 0 Å². The molecule has 5 heteroatoms. The van der Waals surface area contributed by atoms with E-state index < -0.39 is 11.8 Å². The lowest BCUT2D eigenvalue weighted by molar-refractivity contribution is -0.137. The molecule has 0 aliphatic rings. The lowest BCUT2D eigenvalue weighted by Gasteiger charge is -2.02. The van der Waals surface area contributed by atoms with Crippen molar-refractivity contribution in [1.82, 2.24) is 0 Å². The molecule has 0 atom stereocenters. The zero-order chi connectivity index (χ0) is 15.9. The molecule has 0 saturated heterocycles. The third-order valence-electron chi connectivity index (χ3n) is 2.90. The predicted octanol–water partition coefficient (Wildman–Crippen LogP) is 4.42. The van der Waals surface area contributed by atoms with Crippen LogP contribution in [0.15, 0.2) is 48.5 Å². The lowest BCUT2D eigenvalue weighted by Crippen LogP contribution is -2.04. The Balaban J connectivity index is 1.81. The molecule has 0 N–H and O–H groups in total. The number of rotatable bonds is 5. The summed E-state index contributed by atoms with van der Waals surface area (Å²) in [5, 5.41) is 0.0269. The first-order chi connectivity index (χ1) is 10.5. The Kier molecular flexibility index (Phi) is 5.67. The van der Waals surface area contributed by atoms with E-state index in [1.165, 1.54) is 36.4 Å². The van der Waals surface area contributed by atoms with Crippen molar-refractivity contribution in [3.8, 4) is 0 Å². The molecule has 114 valence electrons. The summed E-state index contributed by atoms with van der Waals surface area (Å²) in [6.07, 6.45) is 3.16. The summed E-state index contributed by atoms with van der Waals surface area (Å²) in [4.78, 5) is 11.5. The van der Waals surface area contributed by atoms with E-state index >= 15 is 0 Å². The van der Waals surface area contributed by atoms with Crippen molar-refractivity contribution < 1.29 is 18.3 Å². The Bertz CT molecular complexity index is 682. The van der Waals surface area contributed by atoms with E-state index in [0.29, 0.717) is 12.0 Å². The highest BCUT2D eigenvalue weighted by atomic mass is 35.5. The van der Waals surface area contributed by atoms with Gasteiger partial charge in [-0.2, -0.15) is 0 Å². The van der Waals surface area contributed by atoms with Crippen molar-refractivity contribution in [1.29, 1.82) is 0 Å². The van der Waals surface area contributed by atoms with Gasteiger partial charge in [-0.25, -0.2) is 13.6 Å². The van der Waals surface area contributed by atoms with E-state index in [2.05, 4.69) is 0 Å². The minimum Gasteiger partial charge on any atom is -0.462 e. The highest BCUT2D eigenvalue weighted by molar-refractivity contribution is 6.30. The Morgan fingerprint density at radius 2 is 1.86 bits per heavy atom. The predicted molar refractivity (Wildman–Crippen MR) is 81.5 cm³/mol. The van der Waals surface area contributed by atoms with Crippen LogP contribution in [0.5, 0.6) is 0 Å². The van der Waals surface area contributed by atoms with Crippen LogP contribution in [0.25, 0.3) is 6.08 Å². The van der Waals surface area contributed by atoms with Crippen LogP contribution in [0.4, 0.5) is 8.78 Å². The molecule has 0 unspecified atom stereocenters. The second-order valence-electron chi connectivity index (χ2n) is 4.55. The van der Waals surface area contributed by atoms with Crippen LogP contribution in [0.1, 0.15) is 11.1 Å². The number of benzene rings is 2. The normalized spacial score (nSPS) is 10.9. The second kappa shape index (κ2) is 7.71. The Hall–Kier alpha value is -2.20. The topological polar surface area (TPSA) is 26.3 Å². The van der Waals surface area contributed by atoms with Crippen LogP contribution < -0.4 is 0 Å². The molecule has 22 heavy (non-hydrogen) atoms. The van der Waals surface area contributed by atoms with E-state index in [1.54, 1.807) is 18.2 Å². The smallest absolute Gasteiger partial charge is 0.330 e. The Morgan fingerprint density at radius 3 is 2.55 bits per heavy atom. The third-order valence-corrected chi connectivity index (χ3v) is 3.21. The summed E-state index contributed by atoms with van der Waals surface area (Å²) >= 11 is 5.57. The van der Waals surface area contributed by atoms with Gasteiger partial charge >= 0.3 is 5.97 Å². The molecular formula is C17H13ClF2O2. The molecule has 0 saturated carbocycles. The second-order valence-corrected chi connectivity index (χ2v) is 4.96. The fourth-order valence-corrected chi connectivity index (χ4v) is 1.87. The van der Waals surface area contributed by atoms with Gasteiger partial charge in [0.1, 0.15) is 11.6 Å². The van der Waals surface area contributed by atoms with Crippen molar-refractivity contribution in [2.75, 3.05) is 6.61 Å². The molecule has 0 radical (unpaired) electrons. The Labute approximate surface area is 132 Å². The summed E-state index contributed by atoms with van der Waals surface area (Å²) in [7, 11) is 0. The fraction of sp³-hybridized carbons (Fsp3) is 0.118. The van der Waals surface area contributed by atoms with Crippen molar-refractivity contribution in [2.24, 2.45) is 0 Å². The van der Waals surface area contributed by atoms with Crippen molar-refractivity contribution in [3.05, 3.63) is 76.3 Å². The molecule has 2 aromatic rings. The maximum atomic E-state index is 13.2. The molecule has 0 aliphatic carbocycles. The maximum absolute atomic E-state index is 13.2. The van der Waals surface area contributed by atoms with Crippen LogP contribution in [0, 0.1) is 11.6 Å². The molecule has 0 aromatic heterocycles. The number of carbonyl (C=O) groups excluding carboxylic acids is 1.